The first kappa shape index (κ1) is 15.2. The lowest BCUT2D eigenvalue weighted by Crippen LogP contribution is -2.30. The summed E-state index contributed by atoms with van der Waals surface area (Å²) in [5, 5.41) is 0.401. The van der Waals surface area contributed by atoms with Crippen molar-refractivity contribution in [1.82, 2.24) is 5.43 Å². The van der Waals surface area contributed by atoms with Crippen LogP contribution < -0.4 is 11.3 Å². The molecule has 106 valence electrons. The number of nitrogens with two attached hydrogens (primary N) is 1. The van der Waals surface area contributed by atoms with E-state index in [2.05, 4.69) is 5.43 Å². The van der Waals surface area contributed by atoms with Gasteiger partial charge in [0.1, 0.15) is 11.6 Å². The SMILES string of the molecule is NNC(Cc1cc(Cl)ccc1F)c1cccc(Cl)c1F. The molecule has 20 heavy (non-hydrogen) atoms. The van der Waals surface area contributed by atoms with E-state index >= 15 is 0 Å². The number of hydrogen-bond acceptors (Lipinski definition) is 2. The first-order chi connectivity index (χ1) is 9.52. The highest BCUT2D eigenvalue weighted by molar-refractivity contribution is 6.31. The third-order valence-electron chi connectivity index (χ3n) is 2.99. The second-order valence-corrected chi connectivity index (χ2v) is 5.15. The lowest BCUT2D eigenvalue weighted by atomic mass is 9.98. The van der Waals surface area contributed by atoms with Crippen molar-refractivity contribution in [3.8, 4) is 0 Å². The summed E-state index contributed by atoms with van der Waals surface area (Å²) in [6.07, 6.45) is 0.153. The average molecular weight is 317 g/mol. The molecule has 0 heterocycles. The average Bonchev–Trinajstić information content (AvgIpc) is 2.43. The van der Waals surface area contributed by atoms with Gasteiger partial charge in [-0.1, -0.05) is 35.3 Å². The predicted molar refractivity (Wildman–Crippen MR) is 76.6 cm³/mol. The molecule has 1 unspecified atom stereocenters. The van der Waals surface area contributed by atoms with E-state index in [4.69, 9.17) is 29.0 Å². The number of hydrazine groups is 1. The molecule has 2 nitrogen and oxygen atoms in total. The largest absolute Gasteiger partial charge is 0.271 e. The molecule has 2 aromatic carbocycles. The molecule has 6 heteroatoms. The van der Waals surface area contributed by atoms with Crippen LogP contribution in [0.4, 0.5) is 8.78 Å². The van der Waals surface area contributed by atoms with Crippen LogP contribution in [0.3, 0.4) is 0 Å². The van der Waals surface area contributed by atoms with Crippen LogP contribution >= 0.6 is 23.2 Å². The topological polar surface area (TPSA) is 38.0 Å². The summed E-state index contributed by atoms with van der Waals surface area (Å²) in [7, 11) is 0. The summed E-state index contributed by atoms with van der Waals surface area (Å²) < 4.78 is 27.7. The second-order valence-electron chi connectivity index (χ2n) is 4.30. The molecular formula is C14H12Cl2F2N2. The summed E-state index contributed by atoms with van der Waals surface area (Å²) in [6, 6.07) is 8.19. The molecule has 2 rings (SSSR count). The minimum atomic E-state index is -0.610. The fourth-order valence-corrected chi connectivity index (χ4v) is 2.34. The van der Waals surface area contributed by atoms with E-state index in [0.29, 0.717) is 10.6 Å². The van der Waals surface area contributed by atoms with Crippen molar-refractivity contribution in [3.05, 3.63) is 69.2 Å². The molecule has 0 spiro atoms. The van der Waals surface area contributed by atoms with Crippen molar-refractivity contribution in [2.45, 2.75) is 12.5 Å². The van der Waals surface area contributed by atoms with Gasteiger partial charge in [0.25, 0.3) is 0 Å². The molecule has 0 aliphatic rings. The Kier molecular flexibility index (Phi) is 4.94. The van der Waals surface area contributed by atoms with Crippen LogP contribution in [0, 0.1) is 11.6 Å². The van der Waals surface area contributed by atoms with E-state index in [0.717, 1.165) is 0 Å². The minimum absolute atomic E-state index is 0.00526. The maximum atomic E-state index is 14.0. The fraction of sp³-hybridized carbons (Fsp3) is 0.143. The molecule has 0 fully saturated rings. The van der Waals surface area contributed by atoms with Crippen molar-refractivity contribution in [1.29, 1.82) is 0 Å². The molecule has 0 saturated carbocycles. The molecule has 0 aliphatic heterocycles. The highest BCUT2D eigenvalue weighted by Crippen LogP contribution is 2.27. The Morgan fingerprint density at radius 2 is 1.90 bits per heavy atom. The van der Waals surface area contributed by atoms with Crippen LogP contribution in [0.15, 0.2) is 36.4 Å². The molecule has 1 atom stereocenters. The van der Waals surface area contributed by atoms with E-state index < -0.39 is 17.7 Å². The molecule has 2 aromatic rings. The van der Waals surface area contributed by atoms with Gasteiger partial charge in [-0.05, 0) is 36.2 Å². The standard InChI is InChI=1S/C14H12Cl2F2N2/c15-9-4-5-12(17)8(6-9)7-13(20-19)10-2-1-3-11(16)14(10)18/h1-6,13,20H,7,19H2. The number of benzene rings is 2. The Hall–Kier alpha value is -1.20. The Morgan fingerprint density at radius 1 is 1.15 bits per heavy atom. The summed E-state index contributed by atoms with van der Waals surface area (Å²) in [4.78, 5) is 0. The van der Waals surface area contributed by atoms with Crippen molar-refractivity contribution in [3.63, 3.8) is 0 Å². The van der Waals surface area contributed by atoms with Crippen LogP contribution in [0.25, 0.3) is 0 Å². The highest BCUT2D eigenvalue weighted by Gasteiger charge is 2.18. The van der Waals surface area contributed by atoms with Gasteiger partial charge in [0.05, 0.1) is 11.1 Å². The maximum absolute atomic E-state index is 14.0. The van der Waals surface area contributed by atoms with E-state index in [1.165, 1.54) is 24.3 Å². The number of halogens is 4. The van der Waals surface area contributed by atoms with Crippen molar-refractivity contribution in [2.75, 3.05) is 0 Å². The van der Waals surface area contributed by atoms with Gasteiger partial charge in [-0.25, -0.2) is 8.78 Å². The molecule has 0 radical (unpaired) electrons. The van der Waals surface area contributed by atoms with Gasteiger partial charge in [-0.15, -0.1) is 0 Å². The summed E-state index contributed by atoms with van der Waals surface area (Å²) in [5.41, 5.74) is 3.10. The summed E-state index contributed by atoms with van der Waals surface area (Å²) in [5.74, 6) is 4.46. The van der Waals surface area contributed by atoms with Gasteiger partial charge >= 0.3 is 0 Å². The lowest BCUT2D eigenvalue weighted by molar-refractivity contribution is 0.499. The Labute approximate surface area is 125 Å². The van der Waals surface area contributed by atoms with E-state index in [9.17, 15) is 8.78 Å². The van der Waals surface area contributed by atoms with Gasteiger partial charge in [-0.3, -0.25) is 11.3 Å². The number of nitrogens with one attached hydrogen (secondary N) is 1. The van der Waals surface area contributed by atoms with Gasteiger partial charge in [0.15, 0.2) is 0 Å². The molecular weight excluding hydrogens is 305 g/mol. The first-order valence-corrected chi connectivity index (χ1v) is 6.62. The van der Waals surface area contributed by atoms with Crippen molar-refractivity contribution < 1.29 is 8.78 Å². The Bertz CT molecular complexity index is 620. The molecule has 3 N–H and O–H groups in total. The van der Waals surface area contributed by atoms with E-state index in [-0.39, 0.29) is 17.0 Å². The van der Waals surface area contributed by atoms with Crippen molar-refractivity contribution in [2.24, 2.45) is 5.84 Å². The Morgan fingerprint density at radius 3 is 2.60 bits per heavy atom. The smallest absolute Gasteiger partial charge is 0.146 e. The molecule has 0 aromatic heterocycles. The van der Waals surface area contributed by atoms with Crippen LogP contribution in [0.5, 0.6) is 0 Å². The lowest BCUT2D eigenvalue weighted by Gasteiger charge is -2.18. The van der Waals surface area contributed by atoms with Gasteiger partial charge in [0.2, 0.25) is 0 Å². The minimum Gasteiger partial charge on any atom is -0.271 e. The van der Waals surface area contributed by atoms with E-state index in [1.54, 1.807) is 12.1 Å². The summed E-state index contributed by atoms with van der Waals surface area (Å²) in [6.45, 7) is 0. The maximum Gasteiger partial charge on any atom is 0.146 e. The molecule has 0 bridgehead atoms. The molecule has 0 aliphatic carbocycles. The zero-order valence-corrected chi connectivity index (χ0v) is 11.8. The zero-order chi connectivity index (χ0) is 14.7. The summed E-state index contributed by atoms with van der Waals surface area (Å²) >= 11 is 11.6. The normalized spacial score (nSPS) is 12.4. The van der Waals surface area contributed by atoms with Crippen LogP contribution in [0.1, 0.15) is 17.2 Å². The number of hydrogen-bond donors (Lipinski definition) is 2. The van der Waals surface area contributed by atoms with E-state index in [1.807, 2.05) is 0 Å². The van der Waals surface area contributed by atoms with Crippen LogP contribution in [0.2, 0.25) is 10.0 Å². The second kappa shape index (κ2) is 6.50. The van der Waals surface area contributed by atoms with Gasteiger partial charge in [-0.2, -0.15) is 0 Å². The highest BCUT2D eigenvalue weighted by atomic mass is 35.5. The van der Waals surface area contributed by atoms with Crippen LogP contribution in [-0.4, -0.2) is 0 Å². The third kappa shape index (κ3) is 3.27. The van der Waals surface area contributed by atoms with Crippen molar-refractivity contribution >= 4 is 23.2 Å². The molecule has 0 saturated heterocycles. The first-order valence-electron chi connectivity index (χ1n) is 5.87. The predicted octanol–water partition coefficient (Wildman–Crippen LogP) is 4.02. The Balaban J connectivity index is 2.34. The fourth-order valence-electron chi connectivity index (χ4n) is 1.97. The van der Waals surface area contributed by atoms with Gasteiger partial charge < -0.3 is 0 Å². The zero-order valence-electron chi connectivity index (χ0n) is 10.3. The molecule has 0 amide bonds. The number of rotatable bonds is 4. The quantitative estimate of drug-likeness (QED) is 0.660. The van der Waals surface area contributed by atoms with Crippen LogP contribution in [-0.2, 0) is 6.42 Å². The third-order valence-corrected chi connectivity index (χ3v) is 3.52. The monoisotopic (exact) mass is 316 g/mol. The van der Waals surface area contributed by atoms with Gasteiger partial charge in [0, 0.05) is 10.6 Å².